The summed E-state index contributed by atoms with van der Waals surface area (Å²) in [5.41, 5.74) is 7.48. The predicted molar refractivity (Wildman–Crippen MR) is 81.2 cm³/mol. The van der Waals surface area contributed by atoms with Crippen molar-refractivity contribution in [1.29, 1.82) is 0 Å². The highest BCUT2D eigenvalue weighted by atomic mass is 19.1. The van der Waals surface area contributed by atoms with Gasteiger partial charge in [0, 0.05) is 6.54 Å². The second-order valence-corrected chi connectivity index (χ2v) is 4.98. The molecule has 2 aromatic carbocycles. The fraction of sp³-hybridized carbons (Fsp3) is 0.235. The molecule has 2 unspecified atom stereocenters. The van der Waals surface area contributed by atoms with Crippen molar-refractivity contribution in [3.05, 3.63) is 71.5 Å². The Morgan fingerprint density at radius 1 is 1.10 bits per heavy atom. The summed E-state index contributed by atoms with van der Waals surface area (Å²) < 4.78 is 12.9. The molecule has 0 radical (unpaired) electrons. The molecule has 2 rings (SSSR count). The molecule has 21 heavy (non-hydrogen) atoms. The SMILES string of the molecule is CC(NC(=O)C(CN)c1ccccc1)c1ccc(F)cc1. The maximum Gasteiger partial charge on any atom is 0.229 e. The van der Waals surface area contributed by atoms with Crippen molar-refractivity contribution >= 4 is 5.91 Å². The zero-order valence-electron chi connectivity index (χ0n) is 11.9. The summed E-state index contributed by atoms with van der Waals surface area (Å²) in [5.74, 6) is -0.795. The van der Waals surface area contributed by atoms with E-state index in [1.807, 2.05) is 37.3 Å². The highest BCUT2D eigenvalue weighted by molar-refractivity contribution is 5.84. The topological polar surface area (TPSA) is 55.1 Å². The largest absolute Gasteiger partial charge is 0.349 e. The molecule has 2 atom stereocenters. The van der Waals surface area contributed by atoms with Gasteiger partial charge in [0.05, 0.1) is 12.0 Å². The van der Waals surface area contributed by atoms with E-state index in [4.69, 9.17) is 5.73 Å². The van der Waals surface area contributed by atoms with Crippen LogP contribution < -0.4 is 11.1 Å². The van der Waals surface area contributed by atoms with Crippen LogP contribution in [0.15, 0.2) is 54.6 Å². The first-order chi connectivity index (χ1) is 10.1. The summed E-state index contributed by atoms with van der Waals surface area (Å²) in [4.78, 5) is 12.4. The summed E-state index contributed by atoms with van der Waals surface area (Å²) in [6.07, 6.45) is 0. The van der Waals surface area contributed by atoms with E-state index in [1.165, 1.54) is 12.1 Å². The van der Waals surface area contributed by atoms with E-state index in [0.717, 1.165) is 11.1 Å². The molecule has 0 aliphatic heterocycles. The normalized spacial score (nSPS) is 13.5. The predicted octanol–water partition coefficient (Wildman–Crippen LogP) is 2.75. The van der Waals surface area contributed by atoms with Crippen molar-refractivity contribution in [2.75, 3.05) is 6.54 Å². The number of rotatable bonds is 5. The minimum Gasteiger partial charge on any atom is -0.349 e. The molecule has 0 saturated heterocycles. The van der Waals surface area contributed by atoms with Gasteiger partial charge in [-0.05, 0) is 30.2 Å². The Morgan fingerprint density at radius 2 is 1.71 bits per heavy atom. The van der Waals surface area contributed by atoms with Crippen LogP contribution in [0.1, 0.15) is 30.0 Å². The van der Waals surface area contributed by atoms with Crippen molar-refractivity contribution in [1.82, 2.24) is 5.32 Å². The van der Waals surface area contributed by atoms with E-state index in [0.29, 0.717) is 0 Å². The molecule has 2 aromatic rings. The number of hydrogen-bond donors (Lipinski definition) is 2. The first kappa shape index (κ1) is 15.2. The lowest BCUT2D eigenvalue weighted by Crippen LogP contribution is -2.35. The number of nitrogens with one attached hydrogen (secondary N) is 1. The van der Waals surface area contributed by atoms with Crippen molar-refractivity contribution in [2.45, 2.75) is 18.9 Å². The van der Waals surface area contributed by atoms with Gasteiger partial charge in [0.25, 0.3) is 0 Å². The van der Waals surface area contributed by atoms with Crippen molar-refractivity contribution < 1.29 is 9.18 Å². The van der Waals surface area contributed by atoms with Gasteiger partial charge in [-0.15, -0.1) is 0 Å². The number of hydrogen-bond acceptors (Lipinski definition) is 2. The van der Waals surface area contributed by atoms with Crippen molar-refractivity contribution in [2.24, 2.45) is 5.73 Å². The lowest BCUT2D eigenvalue weighted by atomic mass is 9.97. The third-order valence-corrected chi connectivity index (χ3v) is 3.48. The molecular weight excluding hydrogens is 267 g/mol. The Kier molecular flexibility index (Phi) is 5.06. The maximum absolute atomic E-state index is 12.9. The second kappa shape index (κ2) is 6.99. The average Bonchev–Trinajstić information content (AvgIpc) is 2.49. The quantitative estimate of drug-likeness (QED) is 0.888. The molecule has 0 saturated carbocycles. The minimum absolute atomic E-state index is 0.125. The third kappa shape index (κ3) is 3.89. The summed E-state index contributed by atoms with van der Waals surface area (Å²) >= 11 is 0. The van der Waals surface area contributed by atoms with Gasteiger partial charge in [0.2, 0.25) is 5.91 Å². The van der Waals surface area contributed by atoms with Gasteiger partial charge in [-0.25, -0.2) is 4.39 Å². The summed E-state index contributed by atoms with van der Waals surface area (Å²) in [5, 5.41) is 2.92. The Labute approximate surface area is 124 Å². The number of halogens is 1. The van der Waals surface area contributed by atoms with Crippen LogP contribution in [-0.4, -0.2) is 12.5 Å². The second-order valence-electron chi connectivity index (χ2n) is 4.98. The van der Waals surface area contributed by atoms with Gasteiger partial charge in [-0.2, -0.15) is 0 Å². The third-order valence-electron chi connectivity index (χ3n) is 3.48. The Bertz CT molecular complexity index is 583. The Balaban J connectivity index is 2.07. The van der Waals surface area contributed by atoms with Crippen LogP contribution >= 0.6 is 0 Å². The Morgan fingerprint density at radius 3 is 2.29 bits per heavy atom. The first-order valence-electron chi connectivity index (χ1n) is 6.92. The molecule has 0 spiro atoms. The molecule has 1 amide bonds. The number of benzene rings is 2. The van der Waals surface area contributed by atoms with Crippen LogP contribution in [0, 0.1) is 5.82 Å². The van der Waals surface area contributed by atoms with E-state index in [1.54, 1.807) is 12.1 Å². The van der Waals surface area contributed by atoms with Gasteiger partial charge >= 0.3 is 0 Å². The number of nitrogens with two attached hydrogens (primary N) is 1. The molecule has 0 aliphatic rings. The van der Waals surface area contributed by atoms with Crippen LogP contribution in [0.5, 0.6) is 0 Å². The van der Waals surface area contributed by atoms with Gasteiger partial charge in [0.1, 0.15) is 5.82 Å². The molecule has 0 fully saturated rings. The summed E-state index contributed by atoms with van der Waals surface area (Å²) in [6, 6.07) is 15.3. The van der Waals surface area contributed by atoms with E-state index in [9.17, 15) is 9.18 Å². The van der Waals surface area contributed by atoms with E-state index in [2.05, 4.69) is 5.32 Å². The van der Waals surface area contributed by atoms with Crippen LogP contribution in [0.2, 0.25) is 0 Å². The molecule has 0 aliphatic carbocycles. The minimum atomic E-state index is -0.380. The highest BCUT2D eigenvalue weighted by Crippen LogP contribution is 2.18. The van der Waals surface area contributed by atoms with Crippen LogP contribution in [-0.2, 0) is 4.79 Å². The van der Waals surface area contributed by atoms with Crippen LogP contribution in [0.4, 0.5) is 4.39 Å². The van der Waals surface area contributed by atoms with Gasteiger partial charge in [-0.1, -0.05) is 42.5 Å². The average molecular weight is 286 g/mol. The molecule has 4 heteroatoms. The van der Waals surface area contributed by atoms with E-state index >= 15 is 0 Å². The standard InChI is InChI=1S/C17H19FN2O/c1-12(13-7-9-15(18)10-8-13)20-17(21)16(11-19)14-5-3-2-4-6-14/h2-10,12,16H,11,19H2,1H3,(H,20,21). The summed E-state index contributed by atoms with van der Waals surface area (Å²) in [6.45, 7) is 2.11. The molecular formula is C17H19FN2O. The van der Waals surface area contributed by atoms with E-state index in [-0.39, 0.29) is 30.2 Å². The first-order valence-corrected chi connectivity index (χ1v) is 6.92. The lowest BCUT2D eigenvalue weighted by molar-refractivity contribution is -0.123. The lowest BCUT2D eigenvalue weighted by Gasteiger charge is -2.20. The van der Waals surface area contributed by atoms with E-state index < -0.39 is 0 Å². The molecule has 3 N–H and O–H groups in total. The Hall–Kier alpha value is -2.20. The number of carbonyl (C=O) groups is 1. The highest BCUT2D eigenvalue weighted by Gasteiger charge is 2.20. The molecule has 110 valence electrons. The zero-order chi connectivity index (χ0) is 15.2. The van der Waals surface area contributed by atoms with Gasteiger partial charge < -0.3 is 11.1 Å². The molecule has 0 bridgehead atoms. The maximum atomic E-state index is 12.9. The van der Waals surface area contributed by atoms with Crippen LogP contribution in [0.25, 0.3) is 0 Å². The molecule has 3 nitrogen and oxygen atoms in total. The number of carbonyl (C=O) groups excluding carboxylic acids is 1. The molecule has 0 aromatic heterocycles. The fourth-order valence-corrected chi connectivity index (χ4v) is 2.23. The summed E-state index contributed by atoms with van der Waals surface area (Å²) in [7, 11) is 0. The van der Waals surface area contributed by atoms with Gasteiger partial charge in [0.15, 0.2) is 0 Å². The smallest absolute Gasteiger partial charge is 0.229 e. The monoisotopic (exact) mass is 286 g/mol. The van der Waals surface area contributed by atoms with Gasteiger partial charge in [-0.3, -0.25) is 4.79 Å². The van der Waals surface area contributed by atoms with Crippen molar-refractivity contribution in [3.63, 3.8) is 0 Å². The molecule has 0 heterocycles. The zero-order valence-corrected chi connectivity index (χ0v) is 11.9. The fourth-order valence-electron chi connectivity index (χ4n) is 2.23. The van der Waals surface area contributed by atoms with Crippen molar-refractivity contribution in [3.8, 4) is 0 Å². The van der Waals surface area contributed by atoms with Crippen LogP contribution in [0.3, 0.4) is 0 Å². The number of amides is 1.